The number of anilines is 1. The van der Waals surface area contributed by atoms with Gasteiger partial charge in [0.1, 0.15) is 5.82 Å². The first-order chi connectivity index (χ1) is 14.3. The molecule has 5 rings (SSSR count). The first-order valence-electron chi connectivity index (χ1n) is 10.0. The Bertz CT molecular complexity index is 1460. The molecule has 0 bridgehead atoms. The summed E-state index contributed by atoms with van der Waals surface area (Å²) < 4.78 is 17.2. The fourth-order valence-electron chi connectivity index (χ4n) is 4.56. The van der Waals surface area contributed by atoms with Gasteiger partial charge in [-0.3, -0.25) is 4.79 Å². The Balaban J connectivity index is 1.71. The topological polar surface area (TPSA) is 37.6 Å². The van der Waals surface area contributed by atoms with Gasteiger partial charge < -0.3 is 4.90 Å². The number of aromatic nitrogens is 2. The van der Waals surface area contributed by atoms with Crippen LogP contribution in [0.1, 0.15) is 38.8 Å². The highest BCUT2D eigenvalue weighted by Crippen LogP contribution is 2.40. The number of fused-ring (bicyclic) bond motifs is 4. The second-order valence-corrected chi connectivity index (χ2v) is 9.26. The van der Waals surface area contributed by atoms with Crippen LogP contribution in [0.3, 0.4) is 0 Å². The molecule has 1 aliphatic rings. The minimum Gasteiger partial charge on any atom is -0.363 e. The molecular formula is C24H22FN3OS. The highest BCUT2D eigenvalue weighted by molar-refractivity contribution is 7.15. The summed E-state index contributed by atoms with van der Waals surface area (Å²) in [5, 5.41) is 0. The Morgan fingerprint density at radius 2 is 2.00 bits per heavy atom. The molecular weight excluding hydrogens is 397 g/mol. The molecule has 4 nitrogen and oxygen atoms in total. The lowest BCUT2D eigenvalue weighted by atomic mass is 9.88. The van der Waals surface area contributed by atoms with Crippen molar-refractivity contribution in [2.24, 2.45) is 0 Å². The van der Waals surface area contributed by atoms with E-state index < -0.39 is 0 Å². The van der Waals surface area contributed by atoms with E-state index in [0.717, 1.165) is 34.4 Å². The van der Waals surface area contributed by atoms with Crippen LogP contribution in [0.25, 0.3) is 27.6 Å². The van der Waals surface area contributed by atoms with E-state index in [1.807, 2.05) is 30.3 Å². The van der Waals surface area contributed by atoms with Crippen LogP contribution >= 0.6 is 11.3 Å². The van der Waals surface area contributed by atoms with Gasteiger partial charge in [-0.15, -0.1) is 0 Å². The van der Waals surface area contributed by atoms with Gasteiger partial charge in [-0.25, -0.2) is 13.8 Å². The number of imidazole rings is 1. The highest BCUT2D eigenvalue weighted by atomic mass is 32.1. The third-order valence-corrected chi connectivity index (χ3v) is 6.81. The van der Waals surface area contributed by atoms with Crippen molar-refractivity contribution in [1.29, 1.82) is 0 Å². The predicted octanol–water partition coefficient (Wildman–Crippen LogP) is 4.62. The molecule has 0 N–H and O–H groups in total. The fourth-order valence-corrected chi connectivity index (χ4v) is 5.53. The Hall–Kier alpha value is -2.99. The zero-order valence-corrected chi connectivity index (χ0v) is 18.2. The maximum atomic E-state index is 15.1. The summed E-state index contributed by atoms with van der Waals surface area (Å²) in [6.45, 7) is 9.19. The second kappa shape index (κ2) is 6.51. The molecule has 0 spiro atoms. The number of thiazole rings is 1. The van der Waals surface area contributed by atoms with E-state index in [9.17, 15) is 4.79 Å². The molecule has 0 radical (unpaired) electrons. The van der Waals surface area contributed by atoms with E-state index in [0.29, 0.717) is 15.1 Å². The van der Waals surface area contributed by atoms with Gasteiger partial charge in [0.05, 0.1) is 21.1 Å². The molecule has 30 heavy (non-hydrogen) atoms. The molecule has 2 aromatic heterocycles. The number of benzene rings is 2. The SMILES string of the molecule is CCN1c2cc(F)c(/C=c3/sc4nc5ccccc5n4c3=O)cc2C(C)=CC1(C)C. The number of likely N-dealkylation sites (N-methyl/N-ethyl adjacent to an activating group) is 1. The van der Waals surface area contributed by atoms with Crippen molar-refractivity contribution < 1.29 is 4.39 Å². The summed E-state index contributed by atoms with van der Waals surface area (Å²) >= 11 is 1.29. The van der Waals surface area contributed by atoms with E-state index in [4.69, 9.17) is 0 Å². The number of hydrogen-bond acceptors (Lipinski definition) is 4. The van der Waals surface area contributed by atoms with Crippen molar-refractivity contribution in [2.45, 2.75) is 33.2 Å². The fraction of sp³-hybridized carbons (Fsp3) is 0.250. The van der Waals surface area contributed by atoms with Gasteiger partial charge in [-0.05, 0) is 63.6 Å². The molecule has 3 heterocycles. The standard InChI is InChI=1S/C24H22FN3OS/c1-5-27-20-12-17(25)15(10-16(20)14(2)13-24(27,3)4)11-21-22(29)28-19-9-7-6-8-18(19)26-23(28)30-21/h6-13H,5H2,1-4H3/b21-11+. The molecule has 0 aliphatic carbocycles. The van der Waals surface area contributed by atoms with E-state index in [2.05, 4.69) is 43.7 Å². The van der Waals surface area contributed by atoms with Crippen LogP contribution < -0.4 is 15.0 Å². The second-order valence-electron chi connectivity index (χ2n) is 8.25. The molecule has 4 aromatic rings. The molecule has 0 fully saturated rings. The van der Waals surface area contributed by atoms with Crippen molar-refractivity contribution in [3.63, 3.8) is 0 Å². The number of allylic oxidation sites excluding steroid dienone is 1. The van der Waals surface area contributed by atoms with Crippen molar-refractivity contribution >= 4 is 44.7 Å². The van der Waals surface area contributed by atoms with Crippen LogP contribution in [-0.4, -0.2) is 21.5 Å². The van der Waals surface area contributed by atoms with Crippen molar-refractivity contribution in [3.05, 3.63) is 74.3 Å². The highest BCUT2D eigenvalue weighted by Gasteiger charge is 2.31. The maximum Gasteiger partial charge on any atom is 0.274 e. The molecule has 6 heteroatoms. The summed E-state index contributed by atoms with van der Waals surface area (Å²) in [5.74, 6) is -0.326. The molecule has 0 atom stereocenters. The van der Waals surface area contributed by atoms with Gasteiger partial charge in [0.15, 0.2) is 4.96 Å². The van der Waals surface area contributed by atoms with E-state index >= 15 is 4.39 Å². The largest absolute Gasteiger partial charge is 0.363 e. The van der Waals surface area contributed by atoms with Crippen LogP contribution in [0.5, 0.6) is 0 Å². The smallest absolute Gasteiger partial charge is 0.274 e. The van der Waals surface area contributed by atoms with Gasteiger partial charge in [0.2, 0.25) is 0 Å². The molecule has 1 aliphatic heterocycles. The van der Waals surface area contributed by atoms with Gasteiger partial charge in [-0.1, -0.05) is 29.5 Å². The van der Waals surface area contributed by atoms with Crippen LogP contribution in [-0.2, 0) is 0 Å². The lowest BCUT2D eigenvalue weighted by Crippen LogP contribution is -2.45. The number of rotatable bonds is 2. The molecule has 0 amide bonds. The van der Waals surface area contributed by atoms with Crippen LogP contribution in [0.4, 0.5) is 10.1 Å². The van der Waals surface area contributed by atoms with Gasteiger partial charge in [-0.2, -0.15) is 0 Å². The average molecular weight is 420 g/mol. The Kier molecular flexibility index (Phi) is 4.12. The number of hydrogen-bond donors (Lipinski definition) is 0. The van der Waals surface area contributed by atoms with Crippen molar-refractivity contribution in [1.82, 2.24) is 9.38 Å². The molecule has 2 aromatic carbocycles. The monoisotopic (exact) mass is 419 g/mol. The van der Waals surface area contributed by atoms with E-state index in [1.54, 1.807) is 16.5 Å². The summed E-state index contributed by atoms with van der Waals surface area (Å²) in [7, 11) is 0. The average Bonchev–Trinajstić information content (AvgIpc) is 3.19. The Morgan fingerprint density at radius 1 is 1.23 bits per heavy atom. The summed E-state index contributed by atoms with van der Waals surface area (Å²) in [5.41, 5.74) is 4.66. The summed E-state index contributed by atoms with van der Waals surface area (Å²) in [6.07, 6.45) is 3.86. The third kappa shape index (κ3) is 2.70. The lowest BCUT2D eigenvalue weighted by Gasteiger charge is -2.42. The Labute approximate surface area is 177 Å². The van der Waals surface area contributed by atoms with E-state index in [1.165, 1.54) is 11.3 Å². The van der Waals surface area contributed by atoms with Crippen molar-refractivity contribution in [2.75, 3.05) is 11.4 Å². The predicted molar refractivity (Wildman–Crippen MR) is 123 cm³/mol. The first kappa shape index (κ1) is 19.0. The zero-order valence-electron chi connectivity index (χ0n) is 17.4. The minimum atomic E-state index is -0.326. The zero-order chi connectivity index (χ0) is 21.2. The van der Waals surface area contributed by atoms with Gasteiger partial charge in [0.25, 0.3) is 5.56 Å². The molecule has 0 saturated carbocycles. The maximum absolute atomic E-state index is 15.1. The molecule has 0 saturated heterocycles. The van der Waals surface area contributed by atoms with Crippen LogP contribution in [0.2, 0.25) is 0 Å². The minimum absolute atomic E-state index is 0.163. The lowest BCUT2D eigenvalue weighted by molar-refractivity contribution is 0.561. The Morgan fingerprint density at radius 3 is 2.77 bits per heavy atom. The van der Waals surface area contributed by atoms with Gasteiger partial charge in [0, 0.05) is 23.4 Å². The molecule has 152 valence electrons. The first-order valence-corrected chi connectivity index (χ1v) is 10.8. The van der Waals surface area contributed by atoms with Crippen LogP contribution in [0.15, 0.2) is 47.3 Å². The number of nitrogens with zero attached hydrogens (tertiary/aromatic N) is 3. The van der Waals surface area contributed by atoms with Crippen molar-refractivity contribution in [3.8, 4) is 0 Å². The quantitative estimate of drug-likeness (QED) is 0.476. The summed E-state index contributed by atoms with van der Waals surface area (Å²) in [6, 6.07) is 11.0. The number of para-hydroxylation sites is 2. The molecule has 0 unspecified atom stereocenters. The number of halogens is 1. The van der Waals surface area contributed by atoms with E-state index in [-0.39, 0.29) is 16.9 Å². The van der Waals surface area contributed by atoms with Gasteiger partial charge >= 0.3 is 0 Å². The normalized spacial score (nSPS) is 16.4. The van der Waals surface area contributed by atoms with Crippen LogP contribution in [0, 0.1) is 5.82 Å². The summed E-state index contributed by atoms with van der Waals surface area (Å²) in [4.78, 5) is 20.4. The third-order valence-electron chi connectivity index (χ3n) is 5.84.